The fourth-order valence-electron chi connectivity index (χ4n) is 4.04. The number of likely N-dealkylation sites (tertiary alicyclic amines) is 1. The Morgan fingerprint density at radius 3 is 2.52 bits per heavy atom. The number of nitrogens with one attached hydrogen (secondary N) is 1. The Hall–Kier alpha value is -0.820. The third-order valence-corrected chi connectivity index (χ3v) is 6.52. The fourth-order valence-corrected chi connectivity index (χ4v) is 4.04. The Labute approximate surface area is 182 Å². The van der Waals surface area contributed by atoms with Crippen molar-refractivity contribution in [1.82, 2.24) is 10.2 Å². The minimum absolute atomic E-state index is 0. The summed E-state index contributed by atoms with van der Waals surface area (Å²) in [5.74, 6) is 1.49. The fraction of sp³-hybridized carbons (Fsp3) is 0.682. The van der Waals surface area contributed by atoms with Crippen molar-refractivity contribution in [3.63, 3.8) is 0 Å². The number of guanidine groups is 1. The molecular weight excluding hydrogens is 449 g/mol. The summed E-state index contributed by atoms with van der Waals surface area (Å²) in [5, 5.41) is 3.51. The first kappa shape index (κ1) is 22.5. The van der Waals surface area contributed by atoms with Gasteiger partial charge in [-0.1, -0.05) is 44.2 Å². The molecule has 2 heterocycles. The van der Waals surface area contributed by atoms with Gasteiger partial charge in [0, 0.05) is 43.1 Å². The van der Waals surface area contributed by atoms with Gasteiger partial charge in [0.25, 0.3) is 0 Å². The molecule has 2 aliphatic rings. The van der Waals surface area contributed by atoms with Gasteiger partial charge in [-0.2, -0.15) is 0 Å². The molecule has 3 rings (SSSR count). The molecule has 2 unspecified atom stereocenters. The number of aliphatic imine (C=N–C) groups is 1. The van der Waals surface area contributed by atoms with Crippen LogP contribution in [0.3, 0.4) is 0 Å². The molecule has 0 saturated carbocycles. The molecule has 2 saturated heterocycles. The number of halogens is 1. The largest absolute Gasteiger partial charge is 0.373 e. The molecule has 152 valence electrons. The first-order chi connectivity index (χ1) is 12.4. The van der Waals surface area contributed by atoms with Gasteiger partial charge in [-0.25, -0.2) is 0 Å². The highest BCUT2D eigenvalue weighted by atomic mass is 127. The summed E-state index contributed by atoms with van der Waals surface area (Å²) in [4.78, 5) is 7.48. The molecule has 1 N–H and O–H groups in total. The van der Waals surface area contributed by atoms with Crippen LogP contribution in [-0.2, 0) is 4.74 Å². The summed E-state index contributed by atoms with van der Waals surface area (Å²) in [7, 11) is 0. The molecule has 0 bridgehead atoms. The molecule has 0 radical (unpaired) electrons. The predicted molar refractivity (Wildman–Crippen MR) is 124 cm³/mol. The monoisotopic (exact) mass is 485 g/mol. The second-order valence-corrected chi connectivity index (χ2v) is 8.83. The van der Waals surface area contributed by atoms with Crippen LogP contribution in [0, 0.1) is 11.3 Å². The van der Waals surface area contributed by atoms with Crippen LogP contribution in [0.4, 0.5) is 0 Å². The van der Waals surface area contributed by atoms with E-state index in [1.165, 1.54) is 12.0 Å². The highest BCUT2D eigenvalue weighted by Gasteiger charge is 2.53. The Balaban J connectivity index is 0.00000261. The number of hydrogen-bond acceptors (Lipinski definition) is 2. The quantitative estimate of drug-likeness (QED) is 0.376. The Morgan fingerprint density at radius 1 is 1.22 bits per heavy atom. The number of rotatable bonds is 4. The molecule has 2 fully saturated rings. The Bertz CT molecular complexity index is 630. The zero-order chi connectivity index (χ0) is 18.8. The Morgan fingerprint density at radius 2 is 1.93 bits per heavy atom. The standard InChI is InChI=1S/C22H35N3O.HI/c1-6-23-20(25-16-21(2,3)22(25,4)5)24-15-18-13-10-14-26-19(18)17-11-8-7-9-12-17;/h7-9,11-12,18-19H,6,10,13-16H2,1-5H3,(H,23,24);1H. The smallest absolute Gasteiger partial charge is 0.194 e. The van der Waals surface area contributed by atoms with E-state index in [-0.39, 0.29) is 35.6 Å². The van der Waals surface area contributed by atoms with Crippen molar-refractivity contribution in [3.8, 4) is 0 Å². The topological polar surface area (TPSA) is 36.9 Å². The molecule has 0 aliphatic carbocycles. The SMILES string of the molecule is CCNC(=NCC1CCCOC1c1ccccc1)N1CC(C)(C)C1(C)C.I. The van der Waals surface area contributed by atoms with Crippen LogP contribution in [0.15, 0.2) is 35.3 Å². The van der Waals surface area contributed by atoms with Crippen molar-refractivity contribution in [2.75, 3.05) is 26.2 Å². The van der Waals surface area contributed by atoms with E-state index in [2.05, 4.69) is 75.2 Å². The number of nitrogens with zero attached hydrogens (tertiary/aromatic N) is 2. The van der Waals surface area contributed by atoms with Crippen molar-refractivity contribution in [1.29, 1.82) is 0 Å². The Kier molecular flexibility index (Phi) is 7.59. The summed E-state index contributed by atoms with van der Waals surface area (Å²) < 4.78 is 6.14. The average Bonchev–Trinajstić information content (AvgIpc) is 2.64. The lowest BCUT2D eigenvalue weighted by Crippen LogP contribution is -2.72. The summed E-state index contributed by atoms with van der Waals surface area (Å²) in [6, 6.07) is 10.6. The zero-order valence-electron chi connectivity index (χ0n) is 17.5. The predicted octanol–water partition coefficient (Wildman–Crippen LogP) is 4.86. The molecule has 4 nitrogen and oxygen atoms in total. The minimum atomic E-state index is 0. The van der Waals surface area contributed by atoms with E-state index in [1.807, 2.05) is 0 Å². The second-order valence-electron chi connectivity index (χ2n) is 8.83. The molecule has 1 aromatic carbocycles. The molecule has 0 amide bonds. The summed E-state index contributed by atoms with van der Waals surface area (Å²) in [6.07, 6.45) is 2.47. The van der Waals surface area contributed by atoms with Crippen LogP contribution < -0.4 is 5.32 Å². The molecule has 0 spiro atoms. The normalized spacial score (nSPS) is 26.7. The van der Waals surface area contributed by atoms with Crippen molar-refractivity contribution in [3.05, 3.63) is 35.9 Å². The zero-order valence-corrected chi connectivity index (χ0v) is 19.8. The summed E-state index contributed by atoms with van der Waals surface area (Å²) >= 11 is 0. The van der Waals surface area contributed by atoms with Gasteiger partial charge in [-0.3, -0.25) is 4.99 Å². The molecule has 1 aromatic rings. The maximum absolute atomic E-state index is 6.14. The van der Waals surface area contributed by atoms with Gasteiger partial charge in [-0.05, 0) is 39.2 Å². The number of benzene rings is 1. The highest BCUT2D eigenvalue weighted by molar-refractivity contribution is 14.0. The van der Waals surface area contributed by atoms with Crippen LogP contribution in [-0.4, -0.2) is 42.6 Å². The first-order valence-corrected chi connectivity index (χ1v) is 10.1. The molecule has 27 heavy (non-hydrogen) atoms. The van der Waals surface area contributed by atoms with E-state index in [1.54, 1.807) is 0 Å². The van der Waals surface area contributed by atoms with E-state index in [9.17, 15) is 0 Å². The first-order valence-electron chi connectivity index (χ1n) is 10.1. The van der Waals surface area contributed by atoms with Crippen LogP contribution in [0.2, 0.25) is 0 Å². The van der Waals surface area contributed by atoms with E-state index in [0.29, 0.717) is 11.3 Å². The van der Waals surface area contributed by atoms with Gasteiger partial charge in [0.15, 0.2) is 5.96 Å². The molecular formula is C22H36IN3O. The van der Waals surface area contributed by atoms with Crippen molar-refractivity contribution < 1.29 is 4.74 Å². The van der Waals surface area contributed by atoms with Gasteiger partial charge in [0.2, 0.25) is 0 Å². The van der Waals surface area contributed by atoms with Crippen molar-refractivity contribution >= 4 is 29.9 Å². The lowest BCUT2D eigenvalue weighted by Gasteiger charge is -2.62. The maximum Gasteiger partial charge on any atom is 0.194 e. The summed E-state index contributed by atoms with van der Waals surface area (Å²) in [6.45, 7) is 15.1. The van der Waals surface area contributed by atoms with Crippen LogP contribution >= 0.6 is 24.0 Å². The molecule has 5 heteroatoms. The third-order valence-electron chi connectivity index (χ3n) is 6.52. The third kappa shape index (κ3) is 4.61. The lowest BCUT2D eigenvalue weighted by atomic mass is 9.65. The second kappa shape index (κ2) is 9.12. The van der Waals surface area contributed by atoms with Gasteiger partial charge >= 0.3 is 0 Å². The van der Waals surface area contributed by atoms with Gasteiger partial charge < -0.3 is 15.0 Å². The van der Waals surface area contributed by atoms with Crippen molar-refractivity contribution in [2.24, 2.45) is 16.3 Å². The summed E-state index contributed by atoms with van der Waals surface area (Å²) in [5.41, 5.74) is 1.71. The van der Waals surface area contributed by atoms with E-state index in [0.717, 1.165) is 38.6 Å². The van der Waals surface area contributed by atoms with E-state index >= 15 is 0 Å². The van der Waals surface area contributed by atoms with E-state index < -0.39 is 0 Å². The molecule has 2 atom stereocenters. The van der Waals surface area contributed by atoms with Gasteiger partial charge in [-0.15, -0.1) is 24.0 Å². The van der Waals surface area contributed by atoms with Crippen LogP contribution in [0.5, 0.6) is 0 Å². The highest BCUT2D eigenvalue weighted by Crippen LogP contribution is 2.46. The minimum Gasteiger partial charge on any atom is -0.373 e. The number of ether oxygens (including phenoxy) is 1. The van der Waals surface area contributed by atoms with Crippen molar-refractivity contribution in [2.45, 2.75) is 59.1 Å². The van der Waals surface area contributed by atoms with Crippen LogP contribution in [0.25, 0.3) is 0 Å². The maximum atomic E-state index is 6.14. The van der Waals surface area contributed by atoms with E-state index in [4.69, 9.17) is 9.73 Å². The lowest BCUT2D eigenvalue weighted by molar-refractivity contribution is -0.0671. The molecule has 0 aromatic heterocycles. The van der Waals surface area contributed by atoms with Gasteiger partial charge in [0.1, 0.15) is 0 Å². The molecule has 2 aliphatic heterocycles. The van der Waals surface area contributed by atoms with Crippen LogP contribution in [0.1, 0.15) is 59.1 Å². The number of hydrogen-bond donors (Lipinski definition) is 1. The average molecular weight is 485 g/mol. The van der Waals surface area contributed by atoms with Gasteiger partial charge in [0.05, 0.1) is 6.10 Å².